The molecule has 1 aromatic rings. The Bertz CT molecular complexity index is 305. The summed E-state index contributed by atoms with van der Waals surface area (Å²) in [7, 11) is 1.66. The van der Waals surface area contributed by atoms with Crippen LogP contribution in [0.1, 0.15) is 5.56 Å². The predicted molar refractivity (Wildman–Crippen MR) is 69.5 cm³/mol. The van der Waals surface area contributed by atoms with Gasteiger partial charge in [0.2, 0.25) is 0 Å². The van der Waals surface area contributed by atoms with Gasteiger partial charge in [0.15, 0.2) is 11.5 Å². The van der Waals surface area contributed by atoms with Crippen LogP contribution in [0, 0.1) is 0 Å². The van der Waals surface area contributed by atoms with Gasteiger partial charge in [0.25, 0.3) is 0 Å². The van der Waals surface area contributed by atoms with Crippen molar-refractivity contribution in [3.8, 4) is 11.5 Å². The first-order chi connectivity index (χ1) is 7.31. The largest absolute Gasteiger partial charge is 0.493 e. The van der Waals surface area contributed by atoms with Crippen molar-refractivity contribution in [2.45, 2.75) is 5.33 Å². The van der Waals surface area contributed by atoms with E-state index >= 15 is 0 Å². The summed E-state index contributed by atoms with van der Waals surface area (Å²) >= 11 is 5.18. The maximum atomic E-state index is 5.61. The van der Waals surface area contributed by atoms with Gasteiger partial charge >= 0.3 is 0 Å². The highest BCUT2D eigenvalue weighted by Crippen LogP contribution is 2.28. The molecule has 0 aliphatic carbocycles. The third kappa shape index (κ3) is 3.95. The average Bonchev–Trinajstić information content (AvgIpc) is 2.29. The van der Waals surface area contributed by atoms with Crippen LogP contribution in [0.4, 0.5) is 0 Å². The molecule has 0 fully saturated rings. The molecule has 2 nitrogen and oxygen atoms in total. The molecule has 1 aromatic carbocycles. The van der Waals surface area contributed by atoms with Gasteiger partial charge in [-0.25, -0.2) is 0 Å². The Kier molecular flexibility index (Phi) is 5.95. The van der Waals surface area contributed by atoms with E-state index in [1.807, 2.05) is 18.2 Å². The summed E-state index contributed by atoms with van der Waals surface area (Å²) in [5, 5.41) is 0.828. The fraction of sp³-hybridized carbons (Fsp3) is 0.455. The minimum Gasteiger partial charge on any atom is -0.493 e. The number of halogens is 1. The molecule has 4 heteroatoms. The SMILES string of the molecule is COc1cc(CBr)ccc1OCCSC. The lowest BCUT2D eigenvalue weighted by molar-refractivity contribution is 0.313. The fourth-order valence-corrected chi connectivity index (χ4v) is 1.75. The molecule has 15 heavy (non-hydrogen) atoms. The van der Waals surface area contributed by atoms with Crippen molar-refractivity contribution in [1.29, 1.82) is 0 Å². The summed E-state index contributed by atoms with van der Waals surface area (Å²) < 4.78 is 10.9. The second-order valence-electron chi connectivity index (χ2n) is 2.96. The summed E-state index contributed by atoms with van der Waals surface area (Å²) in [5.74, 6) is 2.60. The molecule has 0 heterocycles. The summed E-state index contributed by atoms with van der Waals surface area (Å²) in [5.41, 5.74) is 1.18. The van der Waals surface area contributed by atoms with Gasteiger partial charge in [-0.1, -0.05) is 22.0 Å². The first kappa shape index (κ1) is 12.7. The topological polar surface area (TPSA) is 18.5 Å². The van der Waals surface area contributed by atoms with Crippen LogP contribution in [0.3, 0.4) is 0 Å². The Morgan fingerprint density at radius 1 is 1.33 bits per heavy atom. The van der Waals surface area contributed by atoms with Crippen molar-refractivity contribution in [3.05, 3.63) is 23.8 Å². The number of methoxy groups -OCH3 is 1. The van der Waals surface area contributed by atoms with Gasteiger partial charge in [0.1, 0.15) is 0 Å². The molecule has 0 bridgehead atoms. The van der Waals surface area contributed by atoms with Crippen molar-refractivity contribution in [2.24, 2.45) is 0 Å². The molecular weight excluding hydrogens is 276 g/mol. The highest BCUT2D eigenvalue weighted by atomic mass is 79.9. The molecule has 0 aliphatic rings. The molecule has 0 saturated heterocycles. The second-order valence-corrected chi connectivity index (χ2v) is 4.51. The maximum absolute atomic E-state index is 5.61. The Morgan fingerprint density at radius 2 is 2.13 bits per heavy atom. The van der Waals surface area contributed by atoms with Gasteiger partial charge in [0, 0.05) is 11.1 Å². The van der Waals surface area contributed by atoms with Crippen molar-refractivity contribution in [3.63, 3.8) is 0 Å². The summed E-state index contributed by atoms with van der Waals surface area (Å²) in [4.78, 5) is 0. The maximum Gasteiger partial charge on any atom is 0.161 e. The molecular formula is C11H15BrO2S. The fourth-order valence-electron chi connectivity index (χ4n) is 1.15. The molecule has 0 amide bonds. The molecule has 0 N–H and O–H groups in total. The van der Waals surface area contributed by atoms with Gasteiger partial charge in [-0.15, -0.1) is 0 Å². The number of benzene rings is 1. The Morgan fingerprint density at radius 3 is 2.73 bits per heavy atom. The van der Waals surface area contributed by atoms with Gasteiger partial charge in [-0.05, 0) is 24.0 Å². The highest BCUT2D eigenvalue weighted by molar-refractivity contribution is 9.08. The third-order valence-electron chi connectivity index (χ3n) is 1.93. The first-order valence-electron chi connectivity index (χ1n) is 4.66. The van der Waals surface area contributed by atoms with Crippen molar-refractivity contribution >= 4 is 27.7 Å². The minimum atomic E-state index is 0.713. The minimum absolute atomic E-state index is 0.713. The number of thioether (sulfide) groups is 1. The van der Waals surface area contributed by atoms with Crippen LogP contribution in [0.25, 0.3) is 0 Å². The van der Waals surface area contributed by atoms with Crippen LogP contribution < -0.4 is 9.47 Å². The molecule has 0 radical (unpaired) electrons. The van der Waals surface area contributed by atoms with Crippen molar-refractivity contribution in [2.75, 3.05) is 25.7 Å². The van der Waals surface area contributed by atoms with Crippen LogP contribution >= 0.6 is 27.7 Å². The van der Waals surface area contributed by atoms with E-state index in [-0.39, 0.29) is 0 Å². The van der Waals surface area contributed by atoms with Crippen molar-refractivity contribution in [1.82, 2.24) is 0 Å². The van der Waals surface area contributed by atoms with Crippen LogP contribution in [0.5, 0.6) is 11.5 Å². The average molecular weight is 291 g/mol. The van der Waals surface area contributed by atoms with Crippen LogP contribution in [-0.4, -0.2) is 25.7 Å². The van der Waals surface area contributed by atoms with Gasteiger partial charge < -0.3 is 9.47 Å². The van der Waals surface area contributed by atoms with Gasteiger partial charge in [-0.2, -0.15) is 11.8 Å². The lowest BCUT2D eigenvalue weighted by atomic mass is 10.2. The lowest BCUT2D eigenvalue weighted by Crippen LogP contribution is -2.01. The first-order valence-corrected chi connectivity index (χ1v) is 7.18. The van der Waals surface area contributed by atoms with E-state index < -0.39 is 0 Å². The summed E-state index contributed by atoms with van der Waals surface area (Å²) in [6.07, 6.45) is 2.06. The van der Waals surface area contributed by atoms with Crippen LogP contribution in [0.15, 0.2) is 18.2 Å². The van der Waals surface area contributed by atoms with E-state index in [4.69, 9.17) is 9.47 Å². The number of hydrogen-bond acceptors (Lipinski definition) is 3. The standard InChI is InChI=1S/C11H15BrO2S/c1-13-11-7-9(8-12)3-4-10(11)14-5-6-15-2/h3-4,7H,5-6,8H2,1-2H3. The van der Waals surface area contributed by atoms with Crippen molar-refractivity contribution < 1.29 is 9.47 Å². The molecule has 0 aromatic heterocycles. The highest BCUT2D eigenvalue weighted by Gasteiger charge is 2.04. The Balaban J connectivity index is 2.69. The van der Waals surface area contributed by atoms with Crippen LogP contribution in [0.2, 0.25) is 0 Å². The molecule has 1 rings (SSSR count). The normalized spacial score (nSPS) is 10.1. The second kappa shape index (κ2) is 7.01. The van der Waals surface area contributed by atoms with E-state index in [1.54, 1.807) is 18.9 Å². The van der Waals surface area contributed by atoms with E-state index in [0.29, 0.717) is 6.61 Å². The molecule has 0 spiro atoms. The number of hydrogen-bond donors (Lipinski definition) is 0. The Hall–Kier alpha value is -0.350. The van der Waals surface area contributed by atoms with E-state index in [1.165, 1.54) is 5.56 Å². The zero-order valence-corrected chi connectivity index (χ0v) is 11.4. The smallest absolute Gasteiger partial charge is 0.161 e. The van der Waals surface area contributed by atoms with E-state index in [0.717, 1.165) is 22.6 Å². The zero-order valence-electron chi connectivity index (χ0n) is 8.96. The molecule has 0 unspecified atom stereocenters. The zero-order chi connectivity index (χ0) is 11.1. The number of ether oxygens (including phenoxy) is 2. The number of rotatable bonds is 6. The number of alkyl halides is 1. The van der Waals surface area contributed by atoms with Gasteiger partial charge in [0.05, 0.1) is 13.7 Å². The molecule has 0 aliphatic heterocycles. The van der Waals surface area contributed by atoms with Crippen LogP contribution in [-0.2, 0) is 5.33 Å². The Labute approximate surface area is 103 Å². The molecule has 84 valence electrons. The monoisotopic (exact) mass is 290 g/mol. The molecule has 0 saturated carbocycles. The van der Waals surface area contributed by atoms with E-state index in [9.17, 15) is 0 Å². The quantitative estimate of drug-likeness (QED) is 0.591. The lowest BCUT2D eigenvalue weighted by Gasteiger charge is -2.10. The summed E-state index contributed by atoms with van der Waals surface area (Å²) in [6, 6.07) is 5.98. The molecule has 0 atom stereocenters. The summed E-state index contributed by atoms with van der Waals surface area (Å²) in [6.45, 7) is 0.713. The van der Waals surface area contributed by atoms with E-state index in [2.05, 4.69) is 22.2 Å². The predicted octanol–water partition coefficient (Wildman–Crippen LogP) is 3.33. The van der Waals surface area contributed by atoms with Gasteiger partial charge in [-0.3, -0.25) is 0 Å². The third-order valence-corrected chi connectivity index (χ3v) is 3.15.